The van der Waals surface area contributed by atoms with Crippen molar-refractivity contribution in [2.75, 3.05) is 18.9 Å². The van der Waals surface area contributed by atoms with Crippen molar-refractivity contribution in [2.24, 2.45) is 0 Å². The Labute approximate surface area is 126 Å². The summed E-state index contributed by atoms with van der Waals surface area (Å²) in [6, 6.07) is 0. The van der Waals surface area contributed by atoms with E-state index in [4.69, 9.17) is 5.11 Å². The van der Waals surface area contributed by atoms with Gasteiger partial charge in [0.05, 0.1) is 6.61 Å². The lowest BCUT2D eigenvalue weighted by molar-refractivity contribution is -0.118. The summed E-state index contributed by atoms with van der Waals surface area (Å²) in [5, 5.41) is 11.5. The van der Waals surface area contributed by atoms with E-state index < -0.39 is 0 Å². The first-order chi connectivity index (χ1) is 9.66. The fraction of sp³-hybridized carbons (Fsp3) is 0.733. The zero-order valence-electron chi connectivity index (χ0n) is 12.4. The molecular formula is C15H27NO3S. The summed E-state index contributed by atoms with van der Waals surface area (Å²) in [6.45, 7) is 2.17. The van der Waals surface area contributed by atoms with Crippen molar-refractivity contribution in [1.82, 2.24) is 5.32 Å². The van der Waals surface area contributed by atoms with Gasteiger partial charge in [-0.25, -0.2) is 0 Å². The van der Waals surface area contributed by atoms with Crippen molar-refractivity contribution < 1.29 is 14.7 Å². The fourth-order valence-electron chi connectivity index (χ4n) is 1.72. The van der Waals surface area contributed by atoms with Crippen molar-refractivity contribution in [1.29, 1.82) is 0 Å². The Morgan fingerprint density at radius 1 is 1.10 bits per heavy atom. The van der Waals surface area contributed by atoms with Gasteiger partial charge in [0.1, 0.15) is 0 Å². The van der Waals surface area contributed by atoms with Gasteiger partial charge in [-0.05, 0) is 19.3 Å². The quantitative estimate of drug-likeness (QED) is 0.429. The standard InChI is InChI=1S/C15H27NO3S/c1-14(18)16-11-13-20-15(19)10-8-6-4-2-3-5-7-9-12-17/h7,9,17H,2-6,8,10-13H2,1H3,(H,16,18)/b9-7+. The van der Waals surface area contributed by atoms with E-state index in [2.05, 4.69) is 5.32 Å². The first-order valence-corrected chi connectivity index (χ1v) is 8.31. The van der Waals surface area contributed by atoms with Gasteiger partial charge in [0.2, 0.25) is 5.91 Å². The monoisotopic (exact) mass is 301 g/mol. The first kappa shape index (κ1) is 19.2. The molecular weight excluding hydrogens is 274 g/mol. The van der Waals surface area contributed by atoms with Crippen LogP contribution in [0.1, 0.15) is 51.9 Å². The number of aliphatic hydroxyl groups excluding tert-OH is 1. The molecule has 4 nitrogen and oxygen atoms in total. The van der Waals surface area contributed by atoms with Gasteiger partial charge in [-0.2, -0.15) is 0 Å². The maximum atomic E-state index is 11.5. The summed E-state index contributed by atoms with van der Waals surface area (Å²) < 4.78 is 0. The van der Waals surface area contributed by atoms with E-state index in [0.29, 0.717) is 18.7 Å². The van der Waals surface area contributed by atoms with E-state index in [1.54, 1.807) is 6.08 Å². The van der Waals surface area contributed by atoms with Crippen molar-refractivity contribution in [3.05, 3.63) is 12.2 Å². The number of unbranched alkanes of at least 4 members (excludes halogenated alkanes) is 5. The molecule has 0 fully saturated rings. The van der Waals surface area contributed by atoms with Crippen LogP contribution in [0.3, 0.4) is 0 Å². The lowest BCUT2D eigenvalue weighted by atomic mass is 10.1. The summed E-state index contributed by atoms with van der Waals surface area (Å²) in [7, 11) is 0. The highest BCUT2D eigenvalue weighted by Crippen LogP contribution is 2.12. The number of rotatable bonds is 12. The van der Waals surface area contributed by atoms with Gasteiger partial charge < -0.3 is 10.4 Å². The van der Waals surface area contributed by atoms with E-state index in [1.807, 2.05) is 6.08 Å². The number of thioether (sulfide) groups is 1. The molecule has 0 aromatic heterocycles. The zero-order chi connectivity index (χ0) is 15.1. The van der Waals surface area contributed by atoms with Crippen LogP contribution in [0.25, 0.3) is 0 Å². The fourth-order valence-corrected chi connectivity index (χ4v) is 2.44. The Kier molecular flexibility index (Phi) is 14.0. The Morgan fingerprint density at radius 3 is 2.50 bits per heavy atom. The number of carbonyl (C=O) groups excluding carboxylic acids is 2. The van der Waals surface area contributed by atoms with Gasteiger partial charge in [0, 0.05) is 25.6 Å². The van der Waals surface area contributed by atoms with Gasteiger partial charge in [-0.3, -0.25) is 9.59 Å². The number of aliphatic hydroxyl groups is 1. The summed E-state index contributed by atoms with van der Waals surface area (Å²) in [5.41, 5.74) is 0. The molecule has 0 spiro atoms. The van der Waals surface area contributed by atoms with E-state index >= 15 is 0 Å². The van der Waals surface area contributed by atoms with Gasteiger partial charge in [-0.15, -0.1) is 0 Å². The lowest BCUT2D eigenvalue weighted by Gasteiger charge is -2.02. The third-order valence-corrected chi connectivity index (χ3v) is 3.70. The lowest BCUT2D eigenvalue weighted by Crippen LogP contribution is -2.22. The molecule has 0 aliphatic carbocycles. The number of carbonyl (C=O) groups is 2. The predicted octanol–water partition coefficient (Wildman–Crippen LogP) is 2.66. The maximum absolute atomic E-state index is 11.5. The van der Waals surface area contributed by atoms with Crippen LogP contribution in [0.4, 0.5) is 0 Å². The minimum Gasteiger partial charge on any atom is -0.392 e. The molecule has 20 heavy (non-hydrogen) atoms. The van der Waals surface area contributed by atoms with Gasteiger partial charge in [0.15, 0.2) is 5.12 Å². The summed E-state index contributed by atoms with van der Waals surface area (Å²) >= 11 is 1.31. The Hall–Kier alpha value is -0.810. The van der Waals surface area contributed by atoms with E-state index in [9.17, 15) is 9.59 Å². The molecule has 0 bridgehead atoms. The minimum absolute atomic E-state index is 0.0492. The number of nitrogens with one attached hydrogen (secondary N) is 1. The zero-order valence-corrected chi connectivity index (χ0v) is 13.2. The molecule has 0 atom stereocenters. The van der Waals surface area contributed by atoms with Crippen LogP contribution in [0, 0.1) is 0 Å². The first-order valence-electron chi connectivity index (χ1n) is 7.32. The Bertz CT molecular complexity index is 293. The molecule has 2 N–H and O–H groups in total. The second-order valence-corrected chi connectivity index (χ2v) is 5.82. The average Bonchev–Trinajstić information content (AvgIpc) is 2.41. The molecule has 0 aromatic rings. The molecule has 0 unspecified atom stereocenters. The van der Waals surface area contributed by atoms with Crippen molar-refractivity contribution >= 4 is 22.8 Å². The van der Waals surface area contributed by atoms with Crippen molar-refractivity contribution in [2.45, 2.75) is 51.9 Å². The van der Waals surface area contributed by atoms with Crippen LogP contribution in [0.2, 0.25) is 0 Å². The van der Waals surface area contributed by atoms with Crippen LogP contribution in [-0.4, -0.2) is 35.0 Å². The normalized spacial score (nSPS) is 10.9. The van der Waals surface area contributed by atoms with Crippen molar-refractivity contribution in [3.63, 3.8) is 0 Å². The third kappa shape index (κ3) is 15.2. The topological polar surface area (TPSA) is 66.4 Å². The molecule has 0 heterocycles. The van der Waals surface area contributed by atoms with E-state index in [0.717, 1.165) is 32.1 Å². The Morgan fingerprint density at radius 2 is 1.80 bits per heavy atom. The number of allylic oxidation sites excluding steroid dienone is 1. The smallest absolute Gasteiger partial charge is 0.216 e. The summed E-state index contributed by atoms with van der Waals surface area (Å²) in [4.78, 5) is 22.1. The molecule has 0 aliphatic rings. The minimum atomic E-state index is -0.0492. The highest BCUT2D eigenvalue weighted by Gasteiger charge is 2.02. The van der Waals surface area contributed by atoms with Gasteiger partial charge >= 0.3 is 0 Å². The average molecular weight is 301 g/mol. The predicted molar refractivity (Wildman–Crippen MR) is 84.7 cm³/mol. The van der Waals surface area contributed by atoms with Crippen LogP contribution < -0.4 is 5.32 Å². The molecule has 5 heteroatoms. The molecule has 0 rings (SSSR count). The Balaban J connectivity index is 3.23. The highest BCUT2D eigenvalue weighted by atomic mass is 32.2. The number of amides is 1. The van der Waals surface area contributed by atoms with Gasteiger partial charge in [0.25, 0.3) is 0 Å². The van der Waals surface area contributed by atoms with Gasteiger partial charge in [-0.1, -0.05) is 43.2 Å². The highest BCUT2D eigenvalue weighted by molar-refractivity contribution is 8.13. The van der Waals surface area contributed by atoms with E-state index in [1.165, 1.54) is 25.1 Å². The maximum Gasteiger partial charge on any atom is 0.216 e. The largest absolute Gasteiger partial charge is 0.392 e. The summed E-state index contributed by atoms with van der Waals surface area (Å²) in [5.74, 6) is 0.613. The van der Waals surface area contributed by atoms with Crippen LogP contribution in [0.5, 0.6) is 0 Å². The second kappa shape index (κ2) is 14.6. The van der Waals surface area contributed by atoms with Crippen LogP contribution in [0.15, 0.2) is 12.2 Å². The molecule has 0 radical (unpaired) electrons. The molecule has 0 saturated carbocycles. The molecule has 116 valence electrons. The molecule has 0 aromatic carbocycles. The molecule has 0 aliphatic heterocycles. The number of hydrogen-bond donors (Lipinski definition) is 2. The molecule has 1 amide bonds. The number of hydrogen-bond acceptors (Lipinski definition) is 4. The SMILES string of the molecule is CC(=O)NCCSC(=O)CCCCCCC/C=C/CO. The van der Waals surface area contributed by atoms with E-state index in [-0.39, 0.29) is 17.6 Å². The van der Waals surface area contributed by atoms with Crippen LogP contribution >= 0.6 is 11.8 Å². The van der Waals surface area contributed by atoms with Crippen LogP contribution in [-0.2, 0) is 9.59 Å². The van der Waals surface area contributed by atoms with Crippen molar-refractivity contribution in [3.8, 4) is 0 Å². The summed E-state index contributed by atoms with van der Waals surface area (Å²) in [6.07, 6.45) is 11.0. The third-order valence-electron chi connectivity index (χ3n) is 2.76. The molecule has 0 saturated heterocycles. The second-order valence-electron chi connectivity index (χ2n) is 4.66.